The summed E-state index contributed by atoms with van der Waals surface area (Å²) in [4.78, 5) is 34.5. The number of carbonyl (C=O) groups is 3. The van der Waals surface area contributed by atoms with Gasteiger partial charge in [0.15, 0.2) is 0 Å². The highest BCUT2D eigenvalue weighted by molar-refractivity contribution is 5.88. The van der Waals surface area contributed by atoms with Crippen molar-refractivity contribution in [1.29, 1.82) is 0 Å². The smallest absolute Gasteiger partial charge is 0.234 e. The molecule has 4 aliphatic rings. The van der Waals surface area contributed by atoms with Gasteiger partial charge >= 0.3 is 0 Å². The third-order valence-electron chi connectivity index (χ3n) is 5.64. The number of hydrogen-bond donors (Lipinski definition) is 3. The van der Waals surface area contributed by atoms with Crippen molar-refractivity contribution < 1.29 is 19.1 Å². The van der Waals surface area contributed by atoms with Gasteiger partial charge in [0.05, 0.1) is 19.1 Å². The second-order valence-corrected chi connectivity index (χ2v) is 7.85. The Hall–Kier alpha value is -3.39. The van der Waals surface area contributed by atoms with Crippen LogP contribution in [0.1, 0.15) is 38.7 Å². The number of benzene rings is 1. The maximum atomic E-state index is 11.3. The van der Waals surface area contributed by atoms with Gasteiger partial charge in [0, 0.05) is 31.4 Å². The largest absolute Gasteiger partial charge is 0.497 e. The fourth-order valence-corrected chi connectivity index (χ4v) is 3.69. The standard InChI is InChI=1S/C12H13NO2.C8H12N2O.C4H5NO.CH4/c1-15-11-6-4-10(5-7-11)9-13-8-2-3-12(13)14;11-7-8(3-6-10-7)1-4-9-5-2-8;6-4-2-1-3-5-4;/h2,4-8H,3,9H2,1H3;3,6,9H,1-2,4-5H2,(H,10,11);1,3H,2H2,(H,5,6);1H4. The first-order valence-electron chi connectivity index (χ1n) is 10.8. The Morgan fingerprint density at radius 3 is 2.15 bits per heavy atom. The van der Waals surface area contributed by atoms with Gasteiger partial charge in [0.2, 0.25) is 17.7 Å². The van der Waals surface area contributed by atoms with Crippen LogP contribution in [0.4, 0.5) is 0 Å². The van der Waals surface area contributed by atoms with E-state index in [0.717, 1.165) is 37.2 Å². The van der Waals surface area contributed by atoms with Crippen LogP contribution in [0.5, 0.6) is 5.75 Å². The highest BCUT2D eigenvalue weighted by Gasteiger charge is 2.39. The van der Waals surface area contributed by atoms with Crippen LogP contribution < -0.4 is 20.7 Å². The summed E-state index contributed by atoms with van der Waals surface area (Å²) in [5.74, 6) is 1.27. The monoisotopic (exact) mass is 454 g/mol. The Kier molecular flexibility index (Phi) is 9.87. The molecule has 1 aromatic rings. The fraction of sp³-hybridized carbons (Fsp3) is 0.400. The molecule has 0 bridgehead atoms. The molecule has 8 nitrogen and oxygen atoms in total. The molecule has 5 rings (SSSR count). The number of amides is 3. The van der Waals surface area contributed by atoms with Gasteiger partial charge in [-0.2, -0.15) is 0 Å². The molecular formula is C25H34N4O4. The minimum Gasteiger partial charge on any atom is -0.497 e. The Morgan fingerprint density at radius 2 is 1.70 bits per heavy atom. The minimum atomic E-state index is -0.161. The highest BCUT2D eigenvalue weighted by Crippen LogP contribution is 2.33. The first-order valence-corrected chi connectivity index (χ1v) is 10.8. The second kappa shape index (κ2) is 12.6. The molecule has 1 aromatic carbocycles. The Bertz CT molecular complexity index is 889. The molecule has 0 aromatic heterocycles. The number of ether oxygens (including phenoxy) is 1. The first-order chi connectivity index (χ1) is 15.5. The van der Waals surface area contributed by atoms with Gasteiger partial charge in [0.1, 0.15) is 5.75 Å². The fourth-order valence-electron chi connectivity index (χ4n) is 3.69. The normalized spacial score (nSPS) is 19.2. The third kappa shape index (κ3) is 7.32. The SMILES string of the molecule is C.COc1ccc(CN2C=CCC2=O)cc1.O=C1CC=CN1.O=C1NC=CC12CCNCC2. The van der Waals surface area contributed by atoms with E-state index < -0.39 is 0 Å². The second-order valence-electron chi connectivity index (χ2n) is 7.85. The van der Waals surface area contributed by atoms with E-state index in [9.17, 15) is 14.4 Å². The molecule has 0 saturated carbocycles. The van der Waals surface area contributed by atoms with Crippen LogP contribution in [-0.4, -0.2) is 42.8 Å². The van der Waals surface area contributed by atoms with E-state index in [0.29, 0.717) is 19.4 Å². The van der Waals surface area contributed by atoms with Gasteiger partial charge in [-0.05, 0) is 43.6 Å². The predicted molar refractivity (Wildman–Crippen MR) is 128 cm³/mol. The van der Waals surface area contributed by atoms with E-state index >= 15 is 0 Å². The molecule has 0 aliphatic carbocycles. The first kappa shape index (κ1) is 25.9. The molecule has 3 amide bonds. The minimum absolute atomic E-state index is 0. The van der Waals surface area contributed by atoms with Crippen molar-refractivity contribution in [2.45, 2.75) is 39.7 Å². The molecule has 0 atom stereocenters. The Morgan fingerprint density at radius 1 is 0.970 bits per heavy atom. The molecule has 1 fully saturated rings. The van der Waals surface area contributed by atoms with Crippen molar-refractivity contribution in [1.82, 2.24) is 20.9 Å². The zero-order valence-corrected chi connectivity index (χ0v) is 18.3. The van der Waals surface area contributed by atoms with Crippen LogP contribution in [0.2, 0.25) is 0 Å². The molecule has 33 heavy (non-hydrogen) atoms. The molecule has 0 radical (unpaired) electrons. The lowest BCUT2D eigenvalue weighted by Crippen LogP contribution is -2.41. The van der Waals surface area contributed by atoms with E-state index in [1.807, 2.05) is 42.6 Å². The van der Waals surface area contributed by atoms with Gasteiger partial charge in [-0.15, -0.1) is 0 Å². The van der Waals surface area contributed by atoms with E-state index in [-0.39, 0.29) is 30.6 Å². The number of methoxy groups -OCH3 is 1. The van der Waals surface area contributed by atoms with Crippen LogP contribution in [0, 0.1) is 5.41 Å². The van der Waals surface area contributed by atoms with Crippen molar-refractivity contribution >= 4 is 17.7 Å². The summed E-state index contributed by atoms with van der Waals surface area (Å²) in [7, 11) is 1.64. The van der Waals surface area contributed by atoms with Crippen LogP contribution in [0.25, 0.3) is 0 Å². The summed E-state index contributed by atoms with van der Waals surface area (Å²) in [5, 5.41) is 8.48. The highest BCUT2D eigenvalue weighted by atomic mass is 16.5. The van der Waals surface area contributed by atoms with Gasteiger partial charge < -0.3 is 25.6 Å². The van der Waals surface area contributed by atoms with Gasteiger partial charge in [-0.3, -0.25) is 14.4 Å². The zero-order chi connectivity index (χ0) is 22.8. The summed E-state index contributed by atoms with van der Waals surface area (Å²) in [6.07, 6.45) is 13.9. The molecule has 8 heteroatoms. The van der Waals surface area contributed by atoms with Crippen molar-refractivity contribution in [3.8, 4) is 5.75 Å². The summed E-state index contributed by atoms with van der Waals surface area (Å²) in [6, 6.07) is 7.75. The predicted octanol–water partition coefficient (Wildman–Crippen LogP) is 2.60. The molecule has 1 spiro atoms. The van der Waals surface area contributed by atoms with Crippen molar-refractivity contribution in [2.24, 2.45) is 5.41 Å². The van der Waals surface area contributed by atoms with Gasteiger partial charge in [-0.25, -0.2) is 0 Å². The quantitative estimate of drug-likeness (QED) is 0.652. The maximum absolute atomic E-state index is 11.3. The van der Waals surface area contributed by atoms with Crippen LogP contribution >= 0.6 is 0 Å². The van der Waals surface area contributed by atoms with Gasteiger partial charge in [0.25, 0.3) is 0 Å². The average Bonchev–Trinajstić information content (AvgIpc) is 3.54. The molecular weight excluding hydrogens is 420 g/mol. The number of piperidine rings is 1. The maximum Gasteiger partial charge on any atom is 0.234 e. The van der Waals surface area contributed by atoms with Crippen LogP contribution in [-0.2, 0) is 20.9 Å². The molecule has 178 valence electrons. The molecule has 3 N–H and O–H groups in total. The van der Waals surface area contributed by atoms with E-state index in [1.165, 1.54) is 0 Å². The summed E-state index contributed by atoms with van der Waals surface area (Å²) in [5.41, 5.74) is 0.946. The lowest BCUT2D eigenvalue weighted by Gasteiger charge is -2.29. The van der Waals surface area contributed by atoms with Crippen LogP contribution in [0.15, 0.2) is 61.1 Å². The lowest BCUT2D eigenvalue weighted by molar-refractivity contribution is -0.128. The number of carbonyl (C=O) groups excluding carboxylic acids is 3. The average molecular weight is 455 g/mol. The number of hydrogen-bond acceptors (Lipinski definition) is 5. The van der Waals surface area contributed by atoms with E-state index in [2.05, 4.69) is 16.0 Å². The van der Waals surface area contributed by atoms with E-state index in [1.54, 1.807) is 30.5 Å². The van der Waals surface area contributed by atoms with Crippen molar-refractivity contribution in [3.05, 3.63) is 66.7 Å². The van der Waals surface area contributed by atoms with Crippen molar-refractivity contribution in [2.75, 3.05) is 20.2 Å². The van der Waals surface area contributed by atoms with Crippen LogP contribution in [0.3, 0.4) is 0 Å². The van der Waals surface area contributed by atoms with E-state index in [4.69, 9.17) is 4.74 Å². The number of nitrogens with zero attached hydrogens (tertiary/aromatic N) is 1. The number of rotatable bonds is 3. The summed E-state index contributed by atoms with van der Waals surface area (Å²) in [6.45, 7) is 2.55. The molecule has 0 unspecified atom stereocenters. The lowest BCUT2D eigenvalue weighted by atomic mass is 9.80. The Balaban J connectivity index is 0.000000188. The topological polar surface area (TPSA) is 99.8 Å². The molecule has 4 aliphatic heterocycles. The third-order valence-corrected chi connectivity index (χ3v) is 5.64. The molecule has 4 heterocycles. The van der Waals surface area contributed by atoms with Crippen molar-refractivity contribution in [3.63, 3.8) is 0 Å². The zero-order valence-electron chi connectivity index (χ0n) is 18.3. The Labute approximate surface area is 195 Å². The number of nitrogens with one attached hydrogen (secondary N) is 3. The summed E-state index contributed by atoms with van der Waals surface area (Å²) < 4.78 is 5.07. The summed E-state index contributed by atoms with van der Waals surface area (Å²) >= 11 is 0. The van der Waals surface area contributed by atoms with Gasteiger partial charge in [-0.1, -0.05) is 37.8 Å². The molecule has 1 saturated heterocycles.